The Morgan fingerprint density at radius 2 is 0.889 bits per heavy atom. The Bertz CT molecular complexity index is 2920. The van der Waals surface area contributed by atoms with Gasteiger partial charge in [0.25, 0.3) is 0 Å². The van der Waals surface area contributed by atoms with Gasteiger partial charge in [-0.3, -0.25) is 0 Å². The summed E-state index contributed by atoms with van der Waals surface area (Å²) in [4.78, 5) is 2.44. The van der Waals surface area contributed by atoms with Crippen molar-refractivity contribution in [3.8, 4) is 39.1 Å². The average Bonchev–Trinajstić information content (AvgIpc) is 3.60. The number of rotatable bonds is 7. The number of hydrogen-bond acceptors (Lipinski definition) is 1. The van der Waals surface area contributed by atoms with Crippen LogP contribution in [0.3, 0.4) is 0 Å². The molecule has 0 bridgehead atoms. The van der Waals surface area contributed by atoms with Crippen LogP contribution in [0.25, 0.3) is 71.6 Å². The summed E-state index contributed by atoms with van der Waals surface area (Å²) < 4.78 is 2.42. The van der Waals surface area contributed by atoms with Crippen LogP contribution in [0.5, 0.6) is 0 Å². The van der Waals surface area contributed by atoms with Crippen molar-refractivity contribution >= 4 is 49.6 Å². The van der Waals surface area contributed by atoms with Gasteiger partial charge in [-0.15, -0.1) is 0 Å². The third-order valence-corrected chi connectivity index (χ3v) is 10.6. The van der Waals surface area contributed by atoms with Crippen molar-refractivity contribution in [3.05, 3.63) is 218 Å². The molecule has 1 heterocycles. The van der Waals surface area contributed by atoms with Crippen LogP contribution >= 0.6 is 0 Å². The molecule has 0 unspecified atom stereocenters. The minimum Gasteiger partial charge on any atom is -0.309 e. The molecule has 0 saturated heterocycles. The van der Waals surface area contributed by atoms with E-state index in [9.17, 15) is 0 Å². The van der Waals surface area contributed by atoms with Crippen molar-refractivity contribution in [2.24, 2.45) is 0 Å². The second kappa shape index (κ2) is 13.4. The minimum absolute atomic E-state index is 1.11. The van der Waals surface area contributed by atoms with Gasteiger partial charge in [0.15, 0.2) is 0 Å². The van der Waals surface area contributed by atoms with E-state index in [0.29, 0.717) is 0 Å². The van der Waals surface area contributed by atoms with Crippen LogP contribution in [-0.4, -0.2) is 4.57 Å². The van der Waals surface area contributed by atoms with Crippen molar-refractivity contribution in [1.82, 2.24) is 4.57 Å². The molecule has 0 aliphatic heterocycles. The summed E-state index contributed by atoms with van der Waals surface area (Å²) in [5.74, 6) is 0. The number of aromatic nitrogens is 1. The highest BCUT2D eigenvalue weighted by Crippen LogP contribution is 2.46. The summed E-state index contributed by atoms with van der Waals surface area (Å²) in [6.07, 6.45) is 0. The lowest BCUT2D eigenvalue weighted by molar-refractivity contribution is 1.18. The normalized spacial score (nSPS) is 11.3. The fraction of sp³-hybridized carbons (Fsp3) is 0. The highest BCUT2D eigenvalue weighted by molar-refractivity contribution is 6.17. The molecule has 2 heteroatoms. The van der Waals surface area contributed by atoms with E-state index in [2.05, 4.69) is 228 Å². The lowest BCUT2D eigenvalue weighted by Gasteiger charge is -2.28. The van der Waals surface area contributed by atoms with Crippen molar-refractivity contribution in [3.63, 3.8) is 0 Å². The molecule has 1 aromatic heterocycles. The lowest BCUT2D eigenvalue weighted by Crippen LogP contribution is -2.11. The average molecular weight is 689 g/mol. The zero-order valence-corrected chi connectivity index (χ0v) is 29.7. The number of hydrogen-bond donors (Lipinski definition) is 0. The molecule has 10 rings (SSSR count). The lowest BCUT2D eigenvalue weighted by atomic mass is 9.94. The molecular weight excluding hydrogens is 653 g/mol. The zero-order valence-electron chi connectivity index (χ0n) is 29.7. The Kier molecular flexibility index (Phi) is 7.85. The number of nitrogens with zero attached hydrogens (tertiary/aromatic N) is 2. The molecule has 10 aromatic rings. The zero-order chi connectivity index (χ0) is 35.8. The van der Waals surface area contributed by atoms with E-state index in [-0.39, 0.29) is 0 Å². The largest absolute Gasteiger partial charge is 0.309 e. The van der Waals surface area contributed by atoms with E-state index in [0.717, 1.165) is 28.3 Å². The van der Waals surface area contributed by atoms with Crippen molar-refractivity contribution < 1.29 is 0 Å². The minimum atomic E-state index is 1.11. The van der Waals surface area contributed by atoms with Crippen LogP contribution in [-0.2, 0) is 0 Å². The first-order valence-corrected chi connectivity index (χ1v) is 18.5. The molecule has 0 radical (unpaired) electrons. The summed E-state index contributed by atoms with van der Waals surface area (Å²) in [6.45, 7) is 0. The predicted molar refractivity (Wildman–Crippen MR) is 229 cm³/mol. The quantitative estimate of drug-likeness (QED) is 0.162. The maximum Gasteiger partial charge on any atom is 0.0562 e. The topological polar surface area (TPSA) is 8.17 Å². The van der Waals surface area contributed by atoms with Gasteiger partial charge in [-0.05, 0) is 93.2 Å². The van der Waals surface area contributed by atoms with Crippen LogP contribution < -0.4 is 4.90 Å². The molecule has 0 fully saturated rings. The van der Waals surface area contributed by atoms with Gasteiger partial charge >= 0.3 is 0 Å². The van der Waals surface area contributed by atoms with Crippen LogP contribution in [0.2, 0.25) is 0 Å². The fourth-order valence-corrected chi connectivity index (χ4v) is 8.11. The molecule has 0 aliphatic carbocycles. The molecule has 0 amide bonds. The van der Waals surface area contributed by atoms with E-state index >= 15 is 0 Å². The van der Waals surface area contributed by atoms with Gasteiger partial charge in [-0.2, -0.15) is 0 Å². The number of anilines is 3. The molecule has 0 spiro atoms. The molecule has 0 saturated carbocycles. The van der Waals surface area contributed by atoms with Crippen molar-refractivity contribution in [1.29, 1.82) is 0 Å². The van der Waals surface area contributed by atoms with E-state index in [1.54, 1.807) is 0 Å². The number of para-hydroxylation sites is 3. The van der Waals surface area contributed by atoms with Gasteiger partial charge in [-0.1, -0.05) is 164 Å². The van der Waals surface area contributed by atoms with Crippen LogP contribution in [0.4, 0.5) is 17.1 Å². The third-order valence-electron chi connectivity index (χ3n) is 10.6. The Labute approximate surface area is 315 Å². The molecule has 0 aliphatic rings. The Balaban J connectivity index is 1.16. The number of fused-ring (bicyclic) bond motifs is 4. The molecule has 9 aromatic carbocycles. The van der Waals surface area contributed by atoms with E-state index in [1.807, 2.05) is 0 Å². The second-order valence-electron chi connectivity index (χ2n) is 13.7. The van der Waals surface area contributed by atoms with E-state index in [4.69, 9.17) is 0 Å². The SMILES string of the molecule is c1ccc(-c2ccccc2-c2ccc(-n3c4ccccc4c4c(N(c5ccccc5)c5ccccc5-c5ccc6ccccc6c5)cccc43)cc2)cc1. The van der Waals surface area contributed by atoms with E-state index < -0.39 is 0 Å². The summed E-state index contributed by atoms with van der Waals surface area (Å²) in [6, 6.07) is 78.8. The summed E-state index contributed by atoms with van der Waals surface area (Å²) >= 11 is 0. The Morgan fingerprint density at radius 1 is 0.333 bits per heavy atom. The monoisotopic (exact) mass is 688 g/mol. The van der Waals surface area contributed by atoms with Gasteiger partial charge < -0.3 is 9.47 Å². The maximum atomic E-state index is 2.44. The molecule has 2 nitrogen and oxygen atoms in total. The summed E-state index contributed by atoms with van der Waals surface area (Å²) in [5.41, 5.74) is 14.1. The van der Waals surface area contributed by atoms with Crippen molar-refractivity contribution in [2.45, 2.75) is 0 Å². The fourth-order valence-electron chi connectivity index (χ4n) is 8.11. The first-order chi connectivity index (χ1) is 26.8. The first-order valence-electron chi connectivity index (χ1n) is 18.5. The van der Waals surface area contributed by atoms with Crippen LogP contribution in [0.1, 0.15) is 0 Å². The molecule has 0 atom stereocenters. The highest BCUT2D eigenvalue weighted by atomic mass is 15.1. The van der Waals surface area contributed by atoms with E-state index in [1.165, 1.54) is 60.4 Å². The molecular formula is C52H36N2. The third kappa shape index (κ3) is 5.44. The van der Waals surface area contributed by atoms with Crippen LogP contribution in [0.15, 0.2) is 218 Å². The first kappa shape index (κ1) is 31.6. The van der Waals surface area contributed by atoms with Gasteiger partial charge in [0, 0.05) is 27.7 Å². The van der Waals surface area contributed by atoms with Crippen LogP contribution in [0, 0.1) is 0 Å². The molecule has 0 N–H and O–H groups in total. The van der Waals surface area contributed by atoms with Gasteiger partial charge in [0.2, 0.25) is 0 Å². The second-order valence-corrected chi connectivity index (χ2v) is 13.7. The maximum absolute atomic E-state index is 2.44. The Hall–Kier alpha value is -7.16. The van der Waals surface area contributed by atoms with Gasteiger partial charge in [-0.25, -0.2) is 0 Å². The standard InChI is InChI=1S/C52H36N2/c1-3-17-38(18-4-1)44-22-9-10-23-45(44)39-32-34-43(35-33-39)54-49-27-14-12-25-47(49)52-50(28-15-29-51(52)54)53(42-20-5-2-6-21-42)48-26-13-11-24-46(48)41-31-30-37-16-7-8-19-40(37)36-41/h1-36H. The number of benzene rings is 9. The smallest absolute Gasteiger partial charge is 0.0562 e. The van der Waals surface area contributed by atoms with Gasteiger partial charge in [0.1, 0.15) is 0 Å². The summed E-state index contributed by atoms with van der Waals surface area (Å²) in [5, 5.41) is 4.90. The Morgan fingerprint density at radius 3 is 1.67 bits per heavy atom. The molecule has 254 valence electrons. The highest BCUT2D eigenvalue weighted by Gasteiger charge is 2.23. The summed E-state index contributed by atoms with van der Waals surface area (Å²) in [7, 11) is 0. The van der Waals surface area contributed by atoms with Gasteiger partial charge in [0.05, 0.1) is 22.4 Å². The molecule has 54 heavy (non-hydrogen) atoms. The van der Waals surface area contributed by atoms with Crippen molar-refractivity contribution in [2.75, 3.05) is 4.90 Å². The predicted octanol–water partition coefficient (Wildman–Crippen LogP) is 14.4.